The SMILES string of the molecule is CCCCNC(=O)NS(=O)(=O)c1ccc(CC(C)=O)cc1. The smallest absolute Gasteiger partial charge is 0.328 e. The van der Waals surface area contributed by atoms with Gasteiger partial charge in [-0.15, -0.1) is 0 Å². The average molecular weight is 312 g/mol. The summed E-state index contributed by atoms with van der Waals surface area (Å²) in [4.78, 5) is 22.4. The molecule has 0 bridgehead atoms. The Hall–Kier alpha value is -1.89. The fourth-order valence-electron chi connectivity index (χ4n) is 1.67. The minimum atomic E-state index is -3.89. The number of rotatable bonds is 7. The van der Waals surface area contributed by atoms with Crippen LogP contribution in [-0.4, -0.2) is 26.8 Å². The van der Waals surface area contributed by atoms with E-state index in [0.717, 1.165) is 18.4 Å². The standard InChI is InChI=1S/C14H20N2O4S/c1-3-4-9-15-14(18)16-21(19,20)13-7-5-12(6-8-13)10-11(2)17/h5-8H,3-4,9-10H2,1-2H3,(H2,15,16,18). The Morgan fingerprint density at radius 2 is 1.76 bits per heavy atom. The van der Waals surface area contributed by atoms with Crippen molar-refractivity contribution in [3.8, 4) is 0 Å². The maximum Gasteiger partial charge on any atom is 0.328 e. The number of sulfonamides is 1. The minimum absolute atomic E-state index is 0.000894. The Labute approximate surface area is 125 Å². The summed E-state index contributed by atoms with van der Waals surface area (Å²) < 4.78 is 25.9. The maximum atomic E-state index is 12.0. The largest absolute Gasteiger partial charge is 0.337 e. The zero-order valence-corrected chi connectivity index (χ0v) is 13.0. The number of carbonyl (C=O) groups is 2. The van der Waals surface area contributed by atoms with Gasteiger partial charge in [-0.3, -0.25) is 4.79 Å². The third kappa shape index (κ3) is 5.95. The molecule has 21 heavy (non-hydrogen) atoms. The lowest BCUT2D eigenvalue weighted by Gasteiger charge is -2.08. The molecule has 2 N–H and O–H groups in total. The molecule has 0 saturated heterocycles. The van der Waals surface area contributed by atoms with Gasteiger partial charge in [0.1, 0.15) is 5.78 Å². The predicted octanol–water partition coefficient (Wildman–Crippen LogP) is 1.61. The van der Waals surface area contributed by atoms with Crippen molar-refractivity contribution in [3.05, 3.63) is 29.8 Å². The Balaban J connectivity index is 2.69. The van der Waals surface area contributed by atoms with Gasteiger partial charge in [0.05, 0.1) is 4.90 Å². The molecule has 1 aromatic carbocycles. The summed E-state index contributed by atoms with van der Waals surface area (Å²) in [7, 11) is -3.89. The van der Waals surface area contributed by atoms with E-state index in [1.165, 1.54) is 19.1 Å². The molecule has 0 aliphatic heterocycles. The van der Waals surface area contributed by atoms with E-state index in [1.807, 2.05) is 11.6 Å². The van der Waals surface area contributed by atoms with Gasteiger partial charge in [-0.05, 0) is 31.0 Å². The minimum Gasteiger partial charge on any atom is -0.337 e. The Bertz CT molecular complexity index is 594. The van der Waals surface area contributed by atoms with Gasteiger partial charge in [-0.2, -0.15) is 0 Å². The van der Waals surface area contributed by atoms with Crippen LogP contribution in [-0.2, 0) is 21.2 Å². The highest BCUT2D eigenvalue weighted by atomic mass is 32.2. The van der Waals surface area contributed by atoms with E-state index in [0.29, 0.717) is 6.54 Å². The molecule has 116 valence electrons. The highest BCUT2D eigenvalue weighted by molar-refractivity contribution is 7.90. The van der Waals surface area contributed by atoms with Crippen LogP contribution in [0, 0.1) is 0 Å². The lowest BCUT2D eigenvalue weighted by Crippen LogP contribution is -2.39. The Kier molecular flexibility index (Phi) is 6.36. The van der Waals surface area contributed by atoms with E-state index in [-0.39, 0.29) is 17.1 Å². The summed E-state index contributed by atoms with van der Waals surface area (Å²) in [5, 5.41) is 2.47. The van der Waals surface area contributed by atoms with Crippen molar-refractivity contribution in [1.82, 2.24) is 10.0 Å². The number of nitrogens with one attached hydrogen (secondary N) is 2. The van der Waals surface area contributed by atoms with E-state index in [2.05, 4.69) is 5.32 Å². The topological polar surface area (TPSA) is 92.3 Å². The molecule has 0 heterocycles. The number of carbonyl (C=O) groups excluding carboxylic acids is 2. The molecule has 0 spiro atoms. The van der Waals surface area contributed by atoms with Crippen LogP contribution < -0.4 is 10.0 Å². The van der Waals surface area contributed by atoms with Gasteiger partial charge in [0.15, 0.2) is 0 Å². The molecule has 0 aromatic heterocycles. The summed E-state index contributed by atoms with van der Waals surface area (Å²) in [5.74, 6) is -0.000894. The van der Waals surface area contributed by atoms with Crippen LogP contribution >= 0.6 is 0 Å². The number of urea groups is 1. The van der Waals surface area contributed by atoms with Crippen LogP contribution in [0.2, 0.25) is 0 Å². The fourth-order valence-corrected chi connectivity index (χ4v) is 2.60. The van der Waals surface area contributed by atoms with Gasteiger partial charge < -0.3 is 5.32 Å². The molecule has 0 aliphatic carbocycles. The summed E-state index contributed by atoms with van der Waals surface area (Å²) in [6.07, 6.45) is 1.95. The predicted molar refractivity (Wildman–Crippen MR) is 79.5 cm³/mol. The van der Waals surface area contributed by atoms with Crippen molar-refractivity contribution >= 4 is 21.8 Å². The summed E-state index contributed by atoms with van der Waals surface area (Å²) in [5.41, 5.74) is 0.730. The lowest BCUT2D eigenvalue weighted by atomic mass is 10.1. The number of hydrogen-bond acceptors (Lipinski definition) is 4. The molecule has 0 unspecified atom stereocenters. The first-order valence-electron chi connectivity index (χ1n) is 6.74. The monoisotopic (exact) mass is 312 g/mol. The van der Waals surface area contributed by atoms with E-state index >= 15 is 0 Å². The molecule has 6 nitrogen and oxygen atoms in total. The van der Waals surface area contributed by atoms with Crippen LogP contribution in [0.4, 0.5) is 4.79 Å². The van der Waals surface area contributed by atoms with Gasteiger partial charge in [0, 0.05) is 13.0 Å². The molecule has 0 fully saturated rings. The van der Waals surface area contributed by atoms with Crippen LogP contribution in [0.1, 0.15) is 32.3 Å². The van der Waals surface area contributed by atoms with Crippen molar-refractivity contribution in [2.24, 2.45) is 0 Å². The third-order valence-electron chi connectivity index (χ3n) is 2.73. The second-order valence-electron chi connectivity index (χ2n) is 4.74. The molecular formula is C14H20N2O4S. The van der Waals surface area contributed by atoms with Gasteiger partial charge >= 0.3 is 6.03 Å². The second-order valence-corrected chi connectivity index (χ2v) is 6.42. The van der Waals surface area contributed by atoms with Crippen molar-refractivity contribution in [2.75, 3.05) is 6.54 Å². The number of amides is 2. The first-order chi connectivity index (χ1) is 9.85. The van der Waals surface area contributed by atoms with Crippen LogP contribution in [0.5, 0.6) is 0 Å². The Morgan fingerprint density at radius 1 is 1.14 bits per heavy atom. The normalized spacial score (nSPS) is 11.0. The van der Waals surface area contributed by atoms with E-state index < -0.39 is 16.1 Å². The van der Waals surface area contributed by atoms with Gasteiger partial charge in [0.2, 0.25) is 0 Å². The second kappa shape index (κ2) is 7.78. The van der Waals surface area contributed by atoms with Gasteiger partial charge in [-0.1, -0.05) is 25.5 Å². The molecule has 7 heteroatoms. The molecule has 0 aliphatic rings. The molecule has 1 aromatic rings. The molecule has 1 rings (SSSR count). The molecule has 0 radical (unpaired) electrons. The zero-order valence-electron chi connectivity index (χ0n) is 12.2. The van der Waals surface area contributed by atoms with Crippen LogP contribution in [0.15, 0.2) is 29.2 Å². The van der Waals surface area contributed by atoms with Crippen molar-refractivity contribution in [2.45, 2.75) is 38.0 Å². The summed E-state index contributed by atoms with van der Waals surface area (Å²) in [6.45, 7) is 3.86. The van der Waals surface area contributed by atoms with Crippen molar-refractivity contribution < 1.29 is 18.0 Å². The number of benzene rings is 1. The van der Waals surface area contributed by atoms with E-state index in [4.69, 9.17) is 0 Å². The highest BCUT2D eigenvalue weighted by Gasteiger charge is 2.17. The number of Topliss-reactive ketones (excluding diaryl/α,β-unsaturated/α-hetero) is 1. The highest BCUT2D eigenvalue weighted by Crippen LogP contribution is 2.11. The maximum absolute atomic E-state index is 12.0. The third-order valence-corrected chi connectivity index (χ3v) is 4.08. The summed E-state index contributed by atoms with van der Waals surface area (Å²) in [6, 6.07) is 5.13. The number of unbranched alkanes of at least 4 members (excludes halogenated alkanes) is 1. The van der Waals surface area contributed by atoms with Gasteiger partial charge in [-0.25, -0.2) is 17.9 Å². The van der Waals surface area contributed by atoms with E-state index in [1.54, 1.807) is 12.1 Å². The zero-order chi connectivity index (χ0) is 15.9. The van der Waals surface area contributed by atoms with Crippen molar-refractivity contribution in [3.63, 3.8) is 0 Å². The number of ketones is 1. The van der Waals surface area contributed by atoms with Crippen LogP contribution in [0.25, 0.3) is 0 Å². The Morgan fingerprint density at radius 3 is 2.29 bits per heavy atom. The quantitative estimate of drug-likeness (QED) is 0.748. The summed E-state index contributed by atoms with van der Waals surface area (Å²) >= 11 is 0. The molecule has 0 atom stereocenters. The average Bonchev–Trinajstić information content (AvgIpc) is 2.38. The molecule has 2 amide bonds. The number of hydrogen-bond donors (Lipinski definition) is 2. The fraction of sp³-hybridized carbons (Fsp3) is 0.429. The van der Waals surface area contributed by atoms with Gasteiger partial charge in [0.25, 0.3) is 10.0 Å². The molecular weight excluding hydrogens is 292 g/mol. The lowest BCUT2D eigenvalue weighted by molar-refractivity contribution is -0.116. The molecule has 0 saturated carbocycles. The van der Waals surface area contributed by atoms with Crippen LogP contribution in [0.3, 0.4) is 0 Å². The first kappa shape index (κ1) is 17.2. The first-order valence-corrected chi connectivity index (χ1v) is 8.22. The van der Waals surface area contributed by atoms with E-state index in [9.17, 15) is 18.0 Å². The van der Waals surface area contributed by atoms with Crippen molar-refractivity contribution in [1.29, 1.82) is 0 Å².